The molecule has 2 heterocycles. The molecule has 1 atom stereocenters. The molecule has 1 fully saturated rings. The van der Waals surface area contributed by atoms with Crippen LogP contribution in [0, 0.1) is 0 Å². The molecule has 1 aromatic carbocycles. The maximum Gasteiger partial charge on any atom is 0.417 e. The molecule has 2 N–H and O–H groups in total. The number of aromatic nitrogens is 1. The number of nitrogens with two attached hydrogens (primary N) is 1. The molecule has 6 heteroatoms. The lowest BCUT2D eigenvalue weighted by molar-refractivity contribution is -0.137. The molecule has 0 radical (unpaired) electrons. The Bertz CT molecular complexity index is 685. The Balaban J connectivity index is 2.08. The second kappa shape index (κ2) is 6.20. The molecular weight excluding hydrogens is 303 g/mol. The third kappa shape index (κ3) is 3.32. The summed E-state index contributed by atoms with van der Waals surface area (Å²) in [6.07, 6.45) is 0.580. The highest BCUT2D eigenvalue weighted by atomic mass is 19.4. The van der Waals surface area contributed by atoms with E-state index in [1.54, 1.807) is 18.3 Å². The first-order chi connectivity index (χ1) is 11.0. The summed E-state index contributed by atoms with van der Waals surface area (Å²) < 4.78 is 39.9. The Morgan fingerprint density at radius 1 is 1.13 bits per heavy atom. The Labute approximate surface area is 132 Å². The number of nitrogens with zero attached hydrogens (tertiary/aromatic N) is 2. The average Bonchev–Trinajstić information content (AvgIpc) is 2.54. The standard InChI is InChI=1S/C17H18F3N3/c18-17(19,20)15-6-2-1-5-13(15)14-10-22-8-7-16(14)23-9-3-4-12(21)11-23/h1-2,5-8,10,12H,3-4,9,11,21H2/t12-/m0/s1. The molecule has 0 spiro atoms. The highest BCUT2D eigenvalue weighted by Crippen LogP contribution is 2.40. The van der Waals surface area contributed by atoms with Crippen molar-refractivity contribution in [2.24, 2.45) is 5.73 Å². The molecule has 1 aliphatic rings. The van der Waals surface area contributed by atoms with Gasteiger partial charge in [0, 0.05) is 42.8 Å². The van der Waals surface area contributed by atoms with Crippen LogP contribution in [0.2, 0.25) is 0 Å². The third-order valence-electron chi connectivity index (χ3n) is 4.12. The van der Waals surface area contributed by atoms with Crippen molar-refractivity contribution < 1.29 is 13.2 Å². The number of hydrogen-bond acceptors (Lipinski definition) is 3. The van der Waals surface area contributed by atoms with Crippen LogP contribution in [0.1, 0.15) is 18.4 Å². The van der Waals surface area contributed by atoms with Crippen LogP contribution in [-0.2, 0) is 6.18 Å². The predicted octanol–water partition coefficient (Wildman–Crippen LogP) is 3.69. The molecule has 3 nitrogen and oxygen atoms in total. The van der Waals surface area contributed by atoms with Crippen LogP contribution in [0.3, 0.4) is 0 Å². The minimum Gasteiger partial charge on any atom is -0.369 e. The number of halogens is 3. The number of benzene rings is 1. The van der Waals surface area contributed by atoms with Crippen LogP contribution in [-0.4, -0.2) is 24.1 Å². The van der Waals surface area contributed by atoms with E-state index in [1.807, 2.05) is 0 Å². The summed E-state index contributed by atoms with van der Waals surface area (Å²) >= 11 is 0. The molecule has 0 unspecified atom stereocenters. The van der Waals surface area contributed by atoms with E-state index < -0.39 is 11.7 Å². The fraction of sp³-hybridized carbons (Fsp3) is 0.353. The van der Waals surface area contributed by atoms with Crippen LogP contribution < -0.4 is 10.6 Å². The normalized spacial score (nSPS) is 19.0. The fourth-order valence-electron chi connectivity index (χ4n) is 3.06. The first kappa shape index (κ1) is 15.8. The summed E-state index contributed by atoms with van der Waals surface area (Å²) in [4.78, 5) is 6.09. The van der Waals surface area contributed by atoms with Crippen molar-refractivity contribution in [1.29, 1.82) is 0 Å². The molecule has 122 valence electrons. The van der Waals surface area contributed by atoms with Crippen molar-refractivity contribution in [2.75, 3.05) is 18.0 Å². The molecule has 1 aliphatic heterocycles. The van der Waals surface area contributed by atoms with E-state index in [1.165, 1.54) is 18.3 Å². The smallest absolute Gasteiger partial charge is 0.369 e. The molecule has 0 aliphatic carbocycles. The zero-order valence-electron chi connectivity index (χ0n) is 12.6. The van der Waals surface area contributed by atoms with Crippen LogP contribution in [0.5, 0.6) is 0 Å². The number of pyridine rings is 1. The van der Waals surface area contributed by atoms with Gasteiger partial charge in [0.05, 0.1) is 5.56 Å². The summed E-state index contributed by atoms with van der Waals surface area (Å²) in [7, 11) is 0. The van der Waals surface area contributed by atoms with E-state index in [9.17, 15) is 13.2 Å². The lowest BCUT2D eigenvalue weighted by atomic mass is 9.97. The van der Waals surface area contributed by atoms with Crippen molar-refractivity contribution in [1.82, 2.24) is 4.98 Å². The third-order valence-corrected chi connectivity index (χ3v) is 4.12. The second-order valence-electron chi connectivity index (χ2n) is 5.78. The van der Waals surface area contributed by atoms with Crippen LogP contribution >= 0.6 is 0 Å². The lowest BCUT2D eigenvalue weighted by Crippen LogP contribution is -2.43. The second-order valence-corrected chi connectivity index (χ2v) is 5.78. The van der Waals surface area contributed by atoms with Crippen molar-refractivity contribution in [3.05, 3.63) is 48.3 Å². The van der Waals surface area contributed by atoms with Gasteiger partial charge in [0.15, 0.2) is 0 Å². The Kier molecular flexibility index (Phi) is 4.26. The van der Waals surface area contributed by atoms with Crippen molar-refractivity contribution >= 4 is 5.69 Å². The lowest BCUT2D eigenvalue weighted by Gasteiger charge is -2.34. The van der Waals surface area contributed by atoms with Crippen LogP contribution in [0.4, 0.5) is 18.9 Å². The predicted molar refractivity (Wildman–Crippen MR) is 84.1 cm³/mol. The molecule has 23 heavy (non-hydrogen) atoms. The molecular formula is C17H18F3N3. The number of piperidine rings is 1. The summed E-state index contributed by atoms with van der Waals surface area (Å²) in [5.74, 6) is 0. The van der Waals surface area contributed by atoms with Crippen molar-refractivity contribution in [3.8, 4) is 11.1 Å². The highest BCUT2D eigenvalue weighted by Gasteiger charge is 2.34. The van der Waals surface area contributed by atoms with Gasteiger partial charge < -0.3 is 10.6 Å². The van der Waals surface area contributed by atoms with E-state index in [4.69, 9.17) is 5.73 Å². The average molecular weight is 321 g/mol. The number of alkyl halides is 3. The highest BCUT2D eigenvalue weighted by molar-refractivity contribution is 5.80. The molecule has 0 amide bonds. The minimum absolute atomic E-state index is 0.0441. The zero-order chi connectivity index (χ0) is 16.4. The molecule has 0 saturated carbocycles. The SMILES string of the molecule is N[C@H]1CCCN(c2ccncc2-c2ccccc2C(F)(F)F)C1. The number of rotatable bonds is 2. The van der Waals surface area contributed by atoms with Gasteiger partial charge in [-0.25, -0.2) is 0 Å². The van der Waals surface area contributed by atoms with Crippen molar-refractivity contribution in [2.45, 2.75) is 25.1 Å². The summed E-state index contributed by atoms with van der Waals surface area (Å²) in [6, 6.07) is 7.42. The number of anilines is 1. The molecule has 1 aromatic heterocycles. The van der Waals surface area contributed by atoms with Gasteiger partial charge in [-0.3, -0.25) is 4.98 Å². The van der Waals surface area contributed by atoms with E-state index in [0.717, 1.165) is 31.1 Å². The zero-order valence-corrected chi connectivity index (χ0v) is 12.6. The Morgan fingerprint density at radius 3 is 2.65 bits per heavy atom. The Morgan fingerprint density at radius 2 is 1.91 bits per heavy atom. The summed E-state index contributed by atoms with van der Waals surface area (Å²) in [5.41, 5.74) is 6.78. The maximum atomic E-state index is 13.3. The van der Waals surface area contributed by atoms with Gasteiger partial charge in [-0.1, -0.05) is 18.2 Å². The first-order valence-corrected chi connectivity index (χ1v) is 7.58. The first-order valence-electron chi connectivity index (χ1n) is 7.58. The van der Waals surface area contributed by atoms with Gasteiger partial charge in [-0.2, -0.15) is 13.2 Å². The van der Waals surface area contributed by atoms with E-state index in [-0.39, 0.29) is 11.6 Å². The molecule has 3 rings (SSSR count). The fourth-order valence-corrected chi connectivity index (χ4v) is 3.06. The molecule has 0 bridgehead atoms. The minimum atomic E-state index is -4.40. The summed E-state index contributed by atoms with van der Waals surface area (Å²) in [5, 5.41) is 0. The molecule has 1 saturated heterocycles. The van der Waals surface area contributed by atoms with E-state index in [2.05, 4.69) is 9.88 Å². The van der Waals surface area contributed by atoms with Crippen LogP contribution in [0.15, 0.2) is 42.7 Å². The van der Waals surface area contributed by atoms with Gasteiger partial charge in [0.25, 0.3) is 0 Å². The van der Waals surface area contributed by atoms with Crippen molar-refractivity contribution in [3.63, 3.8) is 0 Å². The number of hydrogen-bond donors (Lipinski definition) is 1. The van der Waals surface area contributed by atoms with Gasteiger partial charge >= 0.3 is 6.18 Å². The summed E-state index contributed by atoms with van der Waals surface area (Å²) in [6.45, 7) is 1.43. The van der Waals surface area contributed by atoms with Gasteiger partial charge in [-0.15, -0.1) is 0 Å². The Hall–Kier alpha value is -2.08. The monoisotopic (exact) mass is 321 g/mol. The van der Waals surface area contributed by atoms with Gasteiger partial charge in [0.1, 0.15) is 0 Å². The van der Waals surface area contributed by atoms with Crippen LogP contribution in [0.25, 0.3) is 11.1 Å². The maximum absolute atomic E-state index is 13.3. The topological polar surface area (TPSA) is 42.1 Å². The molecule has 2 aromatic rings. The van der Waals surface area contributed by atoms with Gasteiger partial charge in [0.2, 0.25) is 0 Å². The quantitative estimate of drug-likeness (QED) is 0.917. The van der Waals surface area contributed by atoms with Gasteiger partial charge in [-0.05, 0) is 30.5 Å². The largest absolute Gasteiger partial charge is 0.417 e. The van der Waals surface area contributed by atoms with E-state index in [0.29, 0.717) is 12.1 Å². The van der Waals surface area contributed by atoms with E-state index >= 15 is 0 Å².